The minimum absolute atomic E-state index is 0.0594. The lowest BCUT2D eigenvalue weighted by molar-refractivity contribution is -0.132. The monoisotopic (exact) mass is 492 g/mol. The van der Waals surface area contributed by atoms with E-state index in [0.29, 0.717) is 29.2 Å². The summed E-state index contributed by atoms with van der Waals surface area (Å²) in [4.78, 5) is 44.7. The van der Waals surface area contributed by atoms with Crippen molar-refractivity contribution < 1.29 is 29.0 Å². The van der Waals surface area contributed by atoms with Gasteiger partial charge in [0, 0.05) is 5.56 Å². The molecule has 180 valence electrons. The molecule has 1 aliphatic rings. The second kappa shape index (κ2) is 10.1. The third kappa shape index (κ3) is 4.54. The molecule has 1 aliphatic heterocycles. The number of amides is 1. The fraction of sp³-hybridized carbons (Fsp3) is 0.231. The van der Waals surface area contributed by atoms with Gasteiger partial charge in [-0.25, -0.2) is 9.78 Å². The Labute approximate surface area is 206 Å². The summed E-state index contributed by atoms with van der Waals surface area (Å²) in [5.41, 5.74) is 1.32. The number of aliphatic hydroxyl groups excluding tert-OH is 1. The van der Waals surface area contributed by atoms with Crippen molar-refractivity contribution in [2.45, 2.75) is 26.8 Å². The maximum Gasteiger partial charge on any atom is 0.350 e. The summed E-state index contributed by atoms with van der Waals surface area (Å²) >= 11 is 0.972. The topological polar surface area (TPSA) is 106 Å². The van der Waals surface area contributed by atoms with Crippen LogP contribution in [0.3, 0.4) is 0 Å². The van der Waals surface area contributed by atoms with Gasteiger partial charge >= 0.3 is 11.9 Å². The van der Waals surface area contributed by atoms with Gasteiger partial charge in [-0.1, -0.05) is 41.7 Å². The average molecular weight is 493 g/mol. The molecule has 0 bridgehead atoms. The van der Waals surface area contributed by atoms with Crippen LogP contribution in [0, 0.1) is 6.92 Å². The molecule has 1 fully saturated rings. The van der Waals surface area contributed by atoms with Gasteiger partial charge in [0.25, 0.3) is 5.78 Å². The molecule has 35 heavy (non-hydrogen) atoms. The zero-order valence-corrected chi connectivity index (χ0v) is 20.3. The highest BCUT2D eigenvalue weighted by atomic mass is 32.1. The molecule has 8 nitrogen and oxygen atoms in total. The van der Waals surface area contributed by atoms with Crippen molar-refractivity contribution in [2.24, 2.45) is 0 Å². The number of rotatable bonds is 7. The second-order valence-electron chi connectivity index (χ2n) is 7.67. The Morgan fingerprint density at radius 3 is 2.37 bits per heavy atom. The predicted octanol–water partition coefficient (Wildman–Crippen LogP) is 4.65. The number of carbonyl (C=O) groups is 3. The molecule has 3 aromatic rings. The van der Waals surface area contributed by atoms with Crippen LogP contribution in [0.1, 0.15) is 46.4 Å². The number of aryl methyl sites for hydroxylation is 1. The van der Waals surface area contributed by atoms with Crippen LogP contribution in [0.15, 0.2) is 60.2 Å². The summed E-state index contributed by atoms with van der Waals surface area (Å²) < 4.78 is 10.5. The molecular formula is C26H24N2O6S. The summed E-state index contributed by atoms with van der Waals surface area (Å²) in [6.07, 6.45) is 0. The summed E-state index contributed by atoms with van der Waals surface area (Å²) in [5, 5.41) is 11.4. The van der Waals surface area contributed by atoms with E-state index in [-0.39, 0.29) is 27.9 Å². The number of benzene rings is 2. The van der Waals surface area contributed by atoms with Crippen molar-refractivity contribution in [1.82, 2.24) is 4.98 Å². The smallest absolute Gasteiger partial charge is 0.350 e. The molecule has 0 aliphatic carbocycles. The molecule has 0 radical (unpaired) electrons. The largest absolute Gasteiger partial charge is 0.507 e. The zero-order chi connectivity index (χ0) is 25.1. The predicted molar refractivity (Wildman–Crippen MR) is 132 cm³/mol. The van der Waals surface area contributed by atoms with E-state index in [9.17, 15) is 19.5 Å². The van der Waals surface area contributed by atoms with Gasteiger partial charge in [-0.3, -0.25) is 14.5 Å². The van der Waals surface area contributed by atoms with E-state index in [0.717, 1.165) is 11.3 Å². The highest BCUT2D eigenvalue weighted by molar-refractivity contribution is 7.17. The number of Topliss-reactive ketones (excluding diaryl/α,β-unsaturated/α-hetero) is 1. The normalized spacial score (nSPS) is 17.0. The lowest BCUT2D eigenvalue weighted by Gasteiger charge is -2.23. The van der Waals surface area contributed by atoms with Crippen molar-refractivity contribution in [3.63, 3.8) is 0 Å². The maximum absolute atomic E-state index is 13.3. The first kappa shape index (κ1) is 24.2. The van der Waals surface area contributed by atoms with Crippen LogP contribution < -0.4 is 9.64 Å². The van der Waals surface area contributed by atoms with Crippen molar-refractivity contribution >= 4 is 39.9 Å². The Bertz CT molecular complexity index is 1300. The van der Waals surface area contributed by atoms with Gasteiger partial charge in [-0.05, 0) is 50.6 Å². The zero-order valence-electron chi connectivity index (χ0n) is 19.5. The first-order valence-corrected chi connectivity index (χ1v) is 11.9. The Morgan fingerprint density at radius 2 is 1.74 bits per heavy atom. The fourth-order valence-electron chi connectivity index (χ4n) is 3.88. The van der Waals surface area contributed by atoms with Crippen LogP contribution in [0.25, 0.3) is 5.76 Å². The fourth-order valence-corrected chi connectivity index (χ4v) is 4.87. The molecule has 1 saturated heterocycles. The Morgan fingerprint density at radius 1 is 1.06 bits per heavy atom. The summed E-state index contributed by atoms with van der Waals surface area (Å²) in [6.45, 7) is 5.89. The molecule has 4 rings (SSSR count). The molecule has 1 amide bonds. The Balaban J connectivity index is 1.85. The molecule has 2 heterocycles. The second-order valence-corrected chi connectivity index (χ2v) is 8.65. The first-order chi connectivity index (χ1) is 16.9. The number of hydrogen-bond donors (Lipinski definition) is 1. The SMILES string of the molecule is CCOC(=O)c1sc(N2C(=O)C(=O)/C(=C(/O)c3ccc(OCC)cc3)[C@@H]2c2ccccc2)nc1C. The van der Waals surface area contributed by atoms with E-state index in [2.05, 4.69) is 4.98 Å². The third-order valence-electron chi connectivity index (χ3n) is 5.45. The number of anilines is 1. The van der Waals surface area contributed by atoms with Crippen LogP contribution in [0.2, 0.25) is 0 Å². The van der Waals surface area contributed by atoms with E-state index < -0.39 is 23.7 Å². The number of aliphatic hydroxyl groups is 1. The molecule has 0 unspecified atom stereocenters. The van der Waals surface area contributed by atoms with Crippen LogP contribution in [0.4, 0.5) is 5.13 Å². The lowest BCUT2D eigenvalue weighted by Crippen LogP contribution is -2.29. The number of carbonyl (C=O) groups excluding carboxylic acids is 3. The van der Waals surface area contributed by atoms with E-state index in [1.165, 1.54) is 4.90 Å². The quantitative estimate of drug-likeness (QED) is 0.221. The lowest BCUT2D eigenvalue weighted by atomic mass is 9.95. The Kier molecular flexibility index (Phi) is 6.97. The molecule has 9 heteroatoms. The molecule has 1 atom stereocenters. The summed E-state index contributed by atoms with van der Waals surface area (Å²) in [6, 6.07) is 14.6. The number of esters is 1. The van der Waals surface area contributed by atoms with Gasteiger partial charge in [0.15, 0.2) is 5.13 Å². The van der Waals surface area contributed by atoms with Crippen molar-refractivity contribution in [3.05, 3.63) is 81.9 Å². The molecule has 0 saturated carbocycles. The first-order valence-electron chi connectivity index (χ1n) is 11.1. The van der Waals surface area contributed by atoms with Crippen molar-refractivity contribution in [2.75, 3.05) is 18.1 Å². The number of nitrogens with zero attached hydrogens (tertiary/aromatic N) is 2. The van der Waals surface area contributed by atoms with Crippen LogP contribution in [-0.2, 0) is 14.3 Å². The minimum Gasteiger partial charge on any atom is -0.507 e. The molecule has 2 aromatic carbocycles. The van der Waals surface area contributed by atoms with Crippen LogP contribution in [0.5, 0.6) is 5.75 Å². The van der Waals surface area contributed by atoms with E-state index in [1.54, 1.807) is 62.4 Å². The number of ether oxygens (including phenoxy) is 2. The van der Waals surface area contributed by atoms with Gasteiger partial charge in [0.05, 0.1) is 30.5 Å². The Hall–Kier alpha value is -3.98. The highest BCUT2D eigenvalue weighted by Gasteiger charge is 2.48. The van der Waals surface area contributed by atoms with Crippen LogP contribution in [-0.4, -0.2) is 41.0 Å². The summed E-state index contributed by atoms with van der Waals surface area (Å²) in [7, 11) is 0. The van der Waals surface area contributed by atoms with Gasteiger partial charge in [0.2, 0.25) is 0 Å². The number of thiazole rings is 1. The molecular weight excluding hydrogens is 468 g/mol. The minimum atomic E-state index is -0.927. The highest BCUT2D eigenvalue weighted by Crippen LogP contribution is 2.44. The van der Waals surface area contributed by atoms with E-state index in [4.69, 9.17) is 9.47 Å². The van der Waals surface area contributed by atoms with E-state index >= 15 is 0 Å². The molecule has 1 N–H and O–H groups in total. The van der Waals surface area contributed by atoms with E-state index in [1.807, 2.05) is 13.0 Å². The van der Waals surface area contributed by atoms with Crippen molar-refractivity contribution in [1.29, 1.82) is 0 Å². The number of ketones is 1. The standard InChI is InChI=1S/C26H24N2O6S/c1-4-33-18-13-11-17(12-14-18)21(29)19-20(16-9-7-6-8-10-16)28(24(31)22(19)30)26-27-15(3)23(35-26)25(32)34-5-2/h6-14,20,29H,4-5H2,1-3H3/b21-19+/t20-/m0/s1. The maximum atomic E-state index is 13.3. The van der Waals surface area contributed by atoms with Gasteiger partial charge in [0.1, 0.15) is 16.4 Å². The molecule has 1 aromatic heterocycles. The number of aromatic nitrogens is 1. The molecule has 0 spiro atoms. The van der Waals surface area contributed by atoms with Gasteiger partial charge in [-0.2, -0.15) is 0 Å². The van der Waals surface area contributed by atoms with Gasteiger partial charge in [-0.15, -0.1) is 0 Å². The summed E-state index contributed by atoms with van der Waals surface area (Å²) in [5.74, 6) is -1.90. The average Bonchev–Trinajstić information content (AvgIpc) is 3.37. The van der Waals surface area contributed by atoms with Gasteiger partial charge < -0.3 is 14.6 Å². The number of hydrogen-bond acceptors (Lipinski definition) is 8. The van der Waals surface area contributed by atoms with Crippen molar-refractivity contribution in [3.8, 4) is 5.75 Å². The third-order valence-corrected chi connectivity index (χ3v) is 6.59. The van der Waals surface area contributed by atoms with Crippen LogP contribution >= 0.6 is 11.3 Å².